The fourth-order valence-corrected chi connectivity index (χ4v) is 1.94. The van der Waals surface area contributed by atoms with Gasteiger partial charge >= 0.3 is 0 Å². The largest absolute Gasteiger partial charge is 0.497 e. The van der Waals surface area contributed by atoms with Gasteiger partial charge in [0.2, 0.25) is 0 Å². The number of benzene rings is 1. The van der Waals surface area contributed by atoms with Crippen LogP contribution in [-0.4, -0.2) is 32.1 Å². The molecule has 8 heteroatoms. The summed E-state index contributed by atoms with van der Waals surface area (Å²) in [6, 6.07) is 11.1. The molecule has 3 rings (SSSR count). The smallest absolute Gasteiger partial charge is 0.145 e. The lowest BCUT2D eigenvalue weighted by Gasteiger charge is -2.03. The third-order valence-corrected chi connectivity index (χ3v) is 3.11. The first-order valence-corrected chi connectivity index (χ1v) is 6.80. The molecule has 0 fully saturated rings. The summed E-state index contributed by atoms with van der Waals surface area (Å²) < 4.78 is 6.80. The molecular formula is C15H13N7O. The summed E-state index contributed by atoms with van der Waals surface area (Å²) in [5.74, 6) is 1.35. The van der Waals surface area contributed by atoms with E-state index >= 15 is 0 Å². The molecule has 0 saturated heterocycles. The van der Waals surface area contributed by atoms with Crippen LogP contribution in [0.5, 0.6) is 5.75 Å². The number of hydrogen-bond acceptors (Lipinski definition) is 7. The van der Waals surface area contributed by atoms with Gasteiger partial charge in [-0.15, -0.1) is 5.10 Å². The van der Waals surface area contributed by atoms with E-state index in [1.54, 1.807) is 17.9 Å². The van der Waals surface area contributed by atoms with Crippen LogP contribution >= 0.6 is 0 Å². The topological polar surface area (TPSA) is 102 Å². The minimum atomic E-state index is 0.310. The molecule has 0 amide bonds. The van der Waals surface area contributed by atoms with Crippen molar-refractivity contribution in [3.8, 4) is 17.5 Å². The van der Waals surface area contributed by atoms with Gasteiger partial charge in [0.05, 0.1) is 25.5 Å². The molecule has 0 saturated carbocycles. The Kier molecular flexibility index (Phi) is 4.11. The Labute approximate surface area is 132 Å². The van der Waals surface area contributed by atoms with Crippen molar-refractivity contribution in [1.82, 2.24) is 25.0 Å². The summed E-state index contributed by atoms with van der Waals surface area (Å²) in [5.41, 5.74) is 1.95. The van der Waals surface area contributed by atoms with Crippen molar-refractivity contribution in [3.05, 3.63) is 54.2 Å². The van der Waals surface area contributed by atoms with Gasteiger partial charge in [0.1, 0.15) is 35.4 Å². The molecule has 0 aliphatic rings. The highest BCUT2D eigenvalue weighted by Crippen LogP contribution is 2.14. The van der Waals surface area contributed by atoms with E-state index in [4.69, 9.17) is 10.00 Å². The molecule has 2 aromatic heterocycles. The Morgan fingerprint density at radius 3 is 2.83 bits per heavy atom. The molecule has 1 N–H and O–H groups in total. The fraction of sp³-hybridized carbons (Fsp3) is 0.133. The summed E-state index contributed by atoms with van der Waals surface area (Å²) in [4.78, 5) is 7.86. The molecule has 0 spiro atoms. The minimum Gasteiger partial charge on any atom is -0.497 e. The number of rotatable bonds is 5. The zero-order chi connectivity index (χ0) is 16.1. The Balaban J connectivity index is 1.68. The molecule has 0 bridgehead atoms. The molecule has 0 aliphatic heterocycles. The van der Waals surface area contributed by atoms with Crippen LogP contribution in [0.4, 0.5) is 5.82 Å². The number of nitrogens with zero attached hydrogens (tertiary/aromatic N) is 6. The van der Waals surface area contributed by atoms with Crippen molar-refractivity contribution in [2.75, 3.05) is 12.4 Å². The van der Waals surface area contributed by atoms with Crippen LogP contribution in [0.2, 0.25) is 0 Å². The van der Waals surface area contributed by atoms with Crippen LogP contribution in [0.3, 0.4) is 0 Å². The average Bonchev–Trinajstić information content (AvgIpc) is 3.09. The van der Waals surface area contributed by atoms with Gasteiger partial charge in [0.25, 0.3) is 0 Å². The first-order valence-electron chi connectivity index (χ1n) is 6.80. The number of methoxy groups -OCH3 is 1. The summed E-state index contributed by atoms with van der Waals surface area (Å²) in [5, 5.41) is 20.1. The lowest BCUT2D eigenvalue weighted by atomic mass is 10.3. The van der Waals surface area contributed by atoms with E-state index < -0.39 is 0 Å². The van der Waals surface area contributed by atoms with E-state index in [-0.39, 0.29) is 0 Å². The van der Waals surface area contributed by atoms with Gasteiger partial charge in [-0.1, -0.05) is 5.21 Å². The number of ether oxygens (including phenoxy) is 1. The van der Waals surface area contributed by atoms with Gasteiger partial charge in [0.15, 0.2) is 0 Å². The zero-order valence-corrected chi connectivity index (χ0v) is 12.3. The summed E-state index contributed by atoms with van der Waals surface area (Å²) in [6.45, 7) is 0.442. The summed E-state index contributed by atoms with van der Waals surface area (Å²) >= 11 is 0. The Morgan fingerprint density at radius 1 is 1.26 bits per heavy atom. The van der Waals surface area contributed by atoms with Crippen LogP contribution in [0.15, 0.2) is 42.9 Å². The van der Waals surface area contributed by atoms with Gasteiger partial charge in [-0.3, -0.25) is 0 Å². The van der Waals surface area contributed by atoms with Gasteiger partial charge in [-0.25, -0.2) is 14.6 Å². The van der Waals surface area contributed by atoms with Crippen LogP contribution < -0.4 is 10.1 Å². The average molecular weight is 307 g/mol. The van der Waals surface area contributed by atoms with Crippen molar-refractivity contribution in [2.24, 2.45) is 0 Å². The second-order valence-electron chi connectivity index (χ2n) is 4.61. The highest BCUT2D eigenvalue weighted by atomic mass is 16.5. The first-order chi connectivity index (χ1) is 11.3. The first kappa shape index (κ1) is 14.5. The van der Waals surface area contributed by atoms with E-state index in [9.17, 15) is 0 Å². The Hall–Kier alpha value is -3.47. The van der Waals surface area contributed by atoms with Gasteiger partial charge < -0.3 is 10.1 Å². The molecule has 3 aromatic rings. The molecule has 0 aliphatic carbocycles. The molecule has 2 heterocycles. The molecular weight excluding hydrogens is 294 g/mol. The second kappa shape index (κ2) is 6.53. The highest BCUT2D eigenvalue weighted by molar-refractivity contribution is 5.39. The maximum atomic E-state index is 8.81. The second-order valence-corrected chi connectivity index (χ2v) is 4.61. The number of nitriles is 1. The zero-order valence-electron chi connectivity index (χ0n) is 12.3. The summed E-state index contributed by atoms with van der Waals surface area (Å²) in [7, 11) is 1.62. The van der Waals surface area contributed by atoms with Crippen LogP contribution in [0.1, 0.15) is 11.4 Å². The SMILES string of the molecule is COc1ccc(-n2cc(CNc3cc(C#N)ncn3)nn2)cc1. The number of hydrogen-bond donors (Lipinski definition) is 1. The Morgan fingerprint density at radius 2 is 2.09 bits per heavy atom. The third-order valence-electron chi connectivity index (χ3n) is 3.11. The van der Waals surface area contributed by atoms with E-state index in [1.807, 2.05) is 36.5 Å². The van der Waals surface area contributed by atoms with Crippen LogP contribution in [-0.2, 0) is 6.54 Å². The van der Waals surface area contributed by atoms with Crippen molar-refractivity contribution in [3.63, 3.8) is 0 Å². The molecule has 8 nitrogen and oxygen atoms in total. The predicted octanol–water partition coefficient (Wildman–Crippen LogP) is 1.55. The van der Waals surface area contributed by atoms with Gasteiger partial charge in [0, 0.05) is 6.07 Å². The normalized spacial score (nSPS) is 10.1. The fourth-order valence-electron chi connectivity index (χ4n) is 1.94. The highest BCUT2D eigenvalue weighted by Gasteiger charge is 2.04. The van der Waals surface area contributed by atoms with Crippen molar-refractivity contribution in [1.29, 1.82) is 5.26 Å². The van der Waals surface area contributed by atoms with Gasteiger partial charge in [-0.05, 0) is 24.3 Å². The lowest BCUT2D eigenvalue weighted by molar-refractivity contribution is 0.414. The third kappa shape index (κ3) is 3.41. The van der Waals surface area contributed by atoms with E-state index in [0.29, 0.717) is 18.1 Å². The van der Waals surface area contributed by atoms with Crippen molar-refractivity contribution < 1.29 is 4.74 Å². The molecule has 23 heavy (non-hydrogen) atoms. The number of nitrogens with one attached hydrogen (secondary N) is 1. The quantitative estimate of drug-likeness (QED) is 0.763. The lowest BCUT2D eigenvalue weighted by Crippen LogP contribution is -2.02. The Bertz CT molecular complexity index is 836. The number of anilines is 1. The van der Waals surface area contributed by atoms with Crippen LogP contribution in [0, 0.1) is 11.3 Å². The molecule has 0 radical (unpaired) electrons. The monoisotopic (exact) mass is 307 g/mol. The molecule has 0 atom stereocenters. The van der Waals surface area contributed by atoms with E-state index in [0.717, 1.165) is 17.1 Å². The maximum Gasteiger partial charge on any atom is 0.145 e. The molecule has 1 aromatic carbocycles. The van der Waals surface area contributed by atoms with Gasteiger partial charge in [-0.2, -0.15) is 5.26 Å². The predicted molar refractivity (Wildman–Crippen MR) is 82.0 cm³/mol. The standard InChI is InChI=1S/C15H13N7O/c1-23-14-4-2-13(3-5-14)22-9-12(20-21-22)8-17-15-6-11(7-16)18-10-19-15/h2-6,9-10H,8H2,1H3,(H,17,18,19). The number of aromatic nitrogens is 5. The minimum absolute atomic E-state index is 0.310. The molecule has 0 unspecified atom stereocenters. The van der Waals surface area contributed by atoms with Crippen LogP contribution in [0.25, 0.3) is 5.69 Å². The molecule has 114 valence electrons. The van der Waals surface area contributed by atoms with E-state index in [2.05, 4.69) is 25.6 Å². The maximum absolute atomic E-state index is 8.81. The van der Waals surface area contributed by atoms with Crippen molar-refractivity contribution >= 4 is 5.82 Å². The van der Waals surface area contributed by atoms with Crippen molar-refractivity contribution in [2.45, 2.75) is 6.54 Å². The summed E-state index contributed by atoms with van der Waals surface area (Å²) in [6.07, 6.45) is 3.16. The van der Waals surface area contributed by atoms with E-state index in [1.165, 1.54) is 6.33 Å².